The number of aromatic hydroxyl groups is 1. The number of piperazine rings is 1. The number of rotatable bonds is 5. The number of amides is 1. The number of nitrogens with zero attached hydrogens (tertiary/aromatic N) is 4. The summed E-state index contributed by atoms with van der Waals surface area (Å²) in [5.74, 6) is 0.311. The molecule has 0 radical (unpaired) electrons. The van der Waals surface area contributed by atoms with Crippen LogP contribution in [-0.4, -0.2) is 59.4 Å². The number of anilines is 1. The number of phenolic OH excluding ortho intramolecular Hbond substituents is 1. The van der Waals surface area contributed by atoms with Crippen LogP contribution in [0.15, 0.2) is 102 Å². The van der Waals surface area contributed by atoms with Crippen molar-refractivity contribution >= 4 is 28.1 Å². The quantitative estimate of drug-likeness (QED) is 0.426. The molecular weight excluding hydrogens is 460 g/mol. The molecule has 1 fully saturated rings. The first-order valence-corrected chi connectivity index (χ1v) is 12.8. The van der Waals surface area contributed by atoms with Gasteiger partial charge in [-0.25, -0.2) is 5.01 Å². The topological polar surface area (TPSA) is 59.4 Å². The number of para-hydroxylation sites is 2. The summed E-state index contributed by atoms with van der Waals surface area (Å²) in [6.07, 6.45) is 0.690. The van der Waals surface area contributed by atoms with E-state index in [4.69, 9.17) is 5.10 Å². The van der Waals surface area contributed by atoms with Crippen LogP contribution in [0.2, 0.25) is 0 Å². The molecule has 0 aromatic heterocycles. The molecule has 2 aliphatic rings. The minimum Gasteiger partial charge on any atom is -0.506 e. The largest absolute Gasteiger partial charge is 0.506 e. The Bertz CT molecular complexity index is 1440. The Hall–Kier alpha value is -4.16. The molecule has 4 aromatic rings. The summed E-state index contributed by atoms with van der Waals surface area (Å²) in [7, 11) is 0. The lowest BCUT2D eigenvalue weighted by Crippen LogP contribution is -2.49. The highest BCUT2D eigenvalue weighted by Gasteiger charge is 2.34. The van der Waals surface area contributed by atoms with Crippen molar-refractivity contribution in [3.05, 3.63) is 108 Å². The molecule has 1 amide bonds. The first-order valence-electron chi connectivity index (χ1n) is 12.8. The van der Waals surface area contributed by atoms with E-state index in [0.717, 1.165) is 48.7 Å². The average Bonchev–Trinajstić information content (AvgIpc) is 3.40. The van der Waals surface area contributed by atoms with Crippen molar-refractivity contribution in [3.63, 3.8) is 0 Å². The van der Waals surface area contributed by atoms with Crippen LogP contribution < -0.4 is 4.90 Å². The molecule has 0 aliphatic carbocycles. The highest BCUT2D eigenvalue weighted by molar-refractivity contribution is 6.05. The van der Waals surface area contributed by atoms with Crippen molar-refractivity contribution < 1.29 is 9.90 Å². The maximum Gasteiger partial charge on any atom is 0.257 e. The van der Waals surface area contributed by atoms with Gasteiger partial charge in [0, 0.05) is 32.6 Å². The van der Waals surface area contributed by atoms with Gasteiger partial charge in [0.15, 0.2) is 0 Å². The number of phenols is 1. The van der Waals surface area contributed by atoms with Crippen LogP contribution >= 0.6 is 0 Å². The summed E-state index contributed by atoms with van der Waals surface area (Å²) in [6, 6.07) is 32.2. The van der Waals surface area contributed by atoms with E-state index >= 15 is 0 Å². The molecule has 4 aromatic carbocycles. The molecule has 2 aliphatic heterocycles. The van der Waals surface area contributed by atoms with E-state index in [-0.39, 0.29) is 11.9 Å². The molecule has 1 atom stereocenters. The van der Waals surface area contributed by atoms with E-state index in [1.165, 1.54) is 10.8 Å². The van der Waals surface area contributed by atoms with Crippen LogP contribution in [0.1, 0.15) is 23.6 Å². The fraction of sp³-hybridized carbons (Fsp3) is 0.226. The summed E-state index contributed by atoms with van der Waals surface area (Å²) in [6.45, 7) is 3.36. The molecular formula is C31H30N4O2. The third-order valence-electron chi connectivity index (χ3n) is 7.39. The van der Waals surface area contributed by atoms with Crippen molar-refractivity contribution in [3.8, 4) is 5.75 Å². The first kappa shape index (κ1) is 23.3. The van der Waals surface area contributed by atoms with Crippen molar-refractivity contribution in [2.45, 2.75) is 12.5 Å². The fourth-order valence-corrected chi connectivity index (χ4v) is 5.36. The Morgan fingerprint density at radius 3 is 2.30 bits per heavy atom. The predicted molar refractivity (Wildman–Crippen MR) is 148 cm³/mol. The number of carbonyl (C=O) groups excluding carboxylic acids is 1. The Morgan fingerprint density at radius 1 is 0.811 bits per heavy atom. The molecule has 6 rings (SSSR count). The third-order valence-corrected chi connectivity index (χ3v) is 7.39. The van der Waals surface area contributed by atoms with E-state index in [2.05, 4.69) is 52.3 Å². The van der Waals surface area contributed by atoms with Gasteiger partial charge in [0.05, 0.1) is 24.0 Å². The maximum atomic E-state index is 13.6. The van der Waals surface area contributed by atoms with E-state index < -0.39 is 0 Å². The van der Waals surface area contributed by atoms with Crippen LogP contribution in [0.25, 0.3) is 10.8 Å². The molecule has 6 nitrogen and oxygen atoms in total. The second-order valence-corrected chi connectivity index (χ2v) is 9.73. The van der Waals surface area contributed by atoms with Gasteiger partial charge in [-0.15, -0.1) is 0 Å². The monoisotopic (exact) mass is 490 g/mol. The zero-order valence-electron chi connectivity index (χ0n) is 20.7. The minimum absolute atomic E-state index is 0.0145. The zero-order valence-corrected chi connectivity index (χ0v) is 20.7. The third kappa shape index (κ3) is 4.80. The van der Waals surface area contributed by atoms with Gasteiger partial charge < -0.3 is 10.0 Å². The smallest absolute Gasteiger partial charge is 0.257 e. The molecule has 0 saturated carbocycles. The summed E-state index contributed by atoms with van der Waals surface area (Å²) in [5.41, 5.74) is 3.95. The van der Waals surface area contributed by atoms with Crippen LogP contribution in [0.4, 0.5) is 5.69 Å². The first-order chi connectivity index (χ1) is 18.2. The highest BCUT2D eigenvalue weighted by Crippen LogP contribution is 2.34. The Balaban J connectivity index is 1.20. The minimum atomic E-state index is -0.113. The molecule has 6 heteroatoms. The second kappa shape index (κ2) is 10.1. The molecule has 1 N–H and O–H groups in total. The van der Waals surface area contributed by atoms with E-state index in [1.54, 1.807) is 11.1 Å². The normalized spacial score (nSPS) is 18.3. The molecule has 2 heterocycles. The number of fused-ring (bicyclic) bond motifs is 1. The van der Waals surface area contributed by atoms with Crippen LogP contribution in [0.5, 0.6) is 5.75 Å². The average molecular weight is 491 g/mol. The molecule has 1 unspecified atom stereocenters. The van der Waals surface area contributed by atoms with Crippen LogP contribution in [-0.2, 0) is 4.79 Å². The second-order valence-electron chi connectivity index (χ2n) is 9.73. The number of hydrogen-bond acceptors (Lipinski definition) is 5. The van der Waals surface area contributed by atoms with Gasteiger partial charge in [0.25, 0.3) is 5.91 Å². The highest BCUT2D eigenvalue weighted by atomic mass is 16.3. The molecule has 0 spiro atoms. The lowest BCUT2D eigenvalue weighted by Gasteiger charge is -2.36. The molecule has 37 heavy (non-hydrogen) atoms. The molecule has 0 bridgehead atoms. The van der Waals surface area contributed by atoms with Gasteiger partial charge in [0.2, 0.25) is 0 Å². The van der Waals surface area contributed by atoms with E-state index in [1.807, 2.05) is 48.5 Å². The van der Waals surface area contributed by atoms with Crippen molar-refractivity contribution in [2.75, 3.05) is 37.6 Å². The van der Waals surface area contributed by atoms with Crippen LogP contribution in [0, 0.1) is 0 Å². The van der Waals surface area contributed by atoms with Crippen LogP contribution in [0.3, 0.4) is 0 Å². The summed E-state index contributed by atoms with van der Waals surface area (Å²) in [5, 5.41) is 19.2. The van der Waals surface area contributed by atoms with Gasteiger partial charge in [-0.1, -0.05) is 78.9 Å². The number of hydrazone groups is 1. The lowest BCUT2D eigenvalue weighted by molar-refractivity contribution is -0.134. The van der Waals surface area contributed by atoms with Gasteiger partial charge in [-0.05, 0) is 40.1 Å². The van der Waals surface area contributed by atoms with Gasteiger partial charge in [0.1, 0.15) is 5.75 Å². The Morgan fingerprint density at radius 2 is 1.51 bits per heavy atom. The summed E-state index contributed by atoms with van der Waals surface area (Å²) in [4.78, 5) is 18.0. The van der Waals surface area contributed by atoms with Gasteiger partial charge in [-0.2, -0.15) is 5.10 Å². The SMILES string of the molecule is O=C(CN1CCN(c2ccccc2O)CC1)N1N=C(c2ccc3ccccc3c2)CC1c1ccccc1. The molecule has 1 saturated heterocycles. The number of hydrogen-bond donors (Lipinski definition) is 1. The zero-order chi connectivity index (χ0) is 25.2. The number of carbonyl (C=O) groups is 1. The van der Waals surface area contributed by atoms with Gasteiger partial charge in [-0.3, -0.25) is 9.69 Å². The van der Waals surface area contributed by atoms with E-state index in [9.17, 15) is 9.90 Å². The Labute approximate surface area is 217 Å². The standard InChI is InChI=1S/C31H30N4O2/c36-30-13-7-6-12-28(30)34-18-16-33(17-19-34)22-31(37)35-29(24-9-2-1-3-10-24)21-27(32-35)26-15-14-23-8-4-5-11-25(23)20-26/h1-15,20,29,36H,16-19,21-22H2. The Kier molecular flexibility index (Phi) is 6.33. The summed E-state index contributed by atoms with van der Waals surface area (Å²) >= 11 is 0. The predicted octanol–water partition coefficient (Wildman–Crippen LogP) is 5.05. The van der Waals surface area contributed by atoms with Crippen molar-refractivity contribution in [1.82, 2.24) is 9.91 Å². The van der Waals surface area contributed by atoms with Crippen molar-refractivity contribution in [2.24, 2.45) is 5.10 Å². The van der Waals surface area contributed by atoms with Crippen molar-refractivity contribution in [1.29, 1.82) is 0 Å². The number of benzene rings is 4. The van der Waals surface area contributed by atoms with Gasteiger partial charge >= 0.3 is 0 Å². The molecule has 186 valence electrons. The maximum absolute atomic E-state index is 13.6. The lowest BCUT2D eigenvalue weighted by atomic mass is 9.97. The van der Waals surface area contributed by atoms with E-state index in [0.29, 0.717) is 18.7 Å². The fourth-order valence-electron chi connectivity index (χ4n) is 5.36. The summed E-state index contributed by atoms with van der Waals surface area (Å²) < 4.78 is 0.